The molecule has 0 spiro atoms. The van der Waals surface area contributed by atoms with Crippen molar-refractivity contribution in [1.82, 2.24) is 4.90 Å². The molecule has 0 amide bonds. The Hall–Kier alpha value is -1.14. The second kappa shape index (κ2) is 43.0. The smallest absolute Gasteiger partial charge is 0.434 e. The highest BCUT2D eigenvalue weighted by Gasteiger charge is 2.14. The van der Waals surface area contributed by atoms with E-state index in [4.69, 9.17) is 9.47 Å². The highest BCUT2D eigenvalue weighted by atomic mass is 16.7. The Morgan fingerprint density at radius 3 is 1.39 bits per heavy atom. The Morgan fingerprint density at radius 1 is 0.444 bits per heavy atom. The van der Waals surface area contributed by atoms with Gasteiger partial charge in [0.15, 0.2) is 0 Å². The third kappa shape index (κ3) is 37.8. The molecule has 0 aliphatic rings. The van der Waals surface area contributed by atoms with Crippen molar-refractivity contribution in [3.8, 4) is 0 Å². The van der Waals surface area contributed by atoms with Gasteiger partial charge in [0.2, 0.25) is 0 Å². The quantitative estimate of drug-likeness (QED) is 0.0492. The van der Waals surface area contributed by atoms with Crippen molar-refractivity contribution in [3.63, 3.8) is 0 Å². The van der Waals surface area contributed by atoms with Crippen molar-refractivity contribution in [2.75, 3.05) is 39.5 Å². The van der Waals surface area contributed by atoms with Crippen molar-refractivity contribution in [1.29, 1.82) is 0 Å². The zero-order valence-electron chi connectivity index (χ0n) is 37.0. The Bertz CT molecular complexity index is 750. The molecule has 0 radical (unpaired) electrons. The first kappa shape index (κ1) is 52.9. The summed E-state index contributed by atoms with van der Waals surface area (Å²) in [4.78, 5) is 27.4. The minimum absolute atomic E-state index is 0.203. The summed E-state index contributed by atoms with van der Waals surface area (Å²) in [5.41, 5.74) is 0. The number of rotatable bonds is 44. The lowest BCUT2D eigenvalue weighted by molar-refractivity contribution is -0.120. The van der Waals surface area contributed by atoms with Crippen molar-refractivity contribution in [2.24, 2.45) is 11.8 Å². The molecule has 0 fully saturated rings. The van der Waals surface area contributed by atoms with Crippen LogP contribution in [0.4, 0.5) is 4.79 Å². The summed E-state index contributed by atoms with van der Waals surface area (Å²) in [7, 11) is 0. The van der Waals surface area contributed by atoms with Crippen molar-refractivity contribution < 1.29 is 24.2 Å². The van der Waals surface area contributed by atoms with E-state index >= 15 is 0 Å². The maximum absolute atomic E-state index is 12.9. The van der Waals surface area contributed by atoms with E-state index in [9.17, 15) is 14.7 Å². The average molecular weight is 766 g/mol. The molecule has 0 aromatic carbocycles. The first-order valence-electron chi connectivity index (χ1n) is 24.1. The van der Waals surface area contributed by atoms with Crippen LogP contribution in [-0.2, 0) is 14.3 Å². The molecule has 0 aromatic heterocycles. The largest absolute Gasteiger partial charge is 0.508 e. The van der Waals surface area contributed by atoms with Gasteiger partial charge in [0.05, 0.1) is 19.8 Å². The third-order valence-electron chi connectivity index (χ3n) is 11.6. The zero-order chi connectivity index (χ0) is 39.6. The lowest BCUT2D eigenvalue weighted by Gasteiger charge is -2.21. The van der Waals surface area contributed by atoms with Gasteiger partial charge in [0, 0.05) is 19.4 Å². The van der Waals surface area contributed by atoms with E-state index in [-0.39, 0.29) is 6.61 Å². The Morgan fingerprint density at radius 2 is 0.852 bits per heavy atom. The molecule has 0 aliphatic carbocycles. The fraction of sp³-hybridized carbons (Fsp3) is 0.958. The summed E-state index contributed by atoms with van der Waals surface area (Å²) in [6.45, 7) is 12.9. The van der Waals surface area contributed by atoms with Crippen molar-refractivity contribution >= 4 is 11.9 Å². The summed E-state index contributed by atoms with van der Waals surface area (Å²) in [5.74, 6) is 1.77. The third-order valence-corrected chi connectivity index (χ3v) is 11.6. The van der Waals surface area contributed by atoms with Crippen LogP contribution in [0.25, 0.3) is 0 Å². The normalized spacial score (nSPS) is 11.7. The van der Waals surface area contributed by atoms with Gasteiger partial charge >= 0.3 is 6.16 Å². The number of hydrogen-bond acceptors (Lipinski definition) is 6. The predicted molar refractivity (Wildman–Crippen MR) is 232 cm³/mol. The van der Waals surface area contributed by atoms with Crippen molar-refractivity contribution in [3.05, 3.63) is 0 Å². The average Bonchev–Trinajstić information content (AvgIpc) is 3.16. The first-order valence-corrected chi connectivity index (χ1v) is 24.1. The van der Waals surface area contributed by atoms with Gasteiger partial charge in [-0.3, -0.25) is 4.79 Å². The van der Waals surface area contributed by atoms with E-state index in [0.717, 1.165) is 83.8 Å². The summed E-state index contributed by atoms with van der Waals surface area (Å²) in [6.07, 6.45) is 40.5. The fourth-order valence-corrected chi connectivity index (χ4v) is 7.96. The first-order chi connectivity index (χ1) is 26.5. The number of aliphatic hydroxyl groups excluding tert-OH is 1. The number of unbranched alkanes of at least 4 members (excludes halogenated alkanes) is 21. The van der Waals surface area contributed by atoms with E-state index in [0.29, 0.717) is 30.8 Å². The molecular formula is C48H95NO5. The van der Waals surface area contributed by atoms with Crippen LogP contribution in [0.15, 0.2) is 0 Å². The van der Waals surface area contributed by atoms with E-state index in [1.807, 2.05) is 0 Å². The highest BCUT2D eigenvalue weighted by Crippen LogP contribution is 2.24. The topological polar surface area (TPSA) is 76.1 Å². The van der Waals surface area contributed by atoms with Crippen LogP contribution in [0.1, 0.15) is 246 Å². The number of hydrogen-bond donors (Lipinski definition) is 1. The molecule has 54 heavy (non-hydrogen) atoms. The molecule has 322 valence electrons. The maximum Gasteiger partial charge on any atom is 0.508 e. The van der Waals surface area contributed by atoms with Gasteiger partial charge < -0.3 is 19.5 Å². The lowest BCUT2D eigenvalue weighted by Crippen LogP contribution is -2.29. The predicted octanol–water partition coefficient (Wildman–Crippen LogP) is 14.6. The van der Waals surface area contributed by atoms with E-state index in [1.165, 1.54) is 154 Å². The van der Waals surface area contributed by atoms with Crippen LogP contribution in [0.5, 0.6) is 0 Å². The number of ketones is 1. The van der Waals surface area contributed by atoms with Crippen molar-refractivity contribution in [2.45, 2.75) is 246 Å². The van der Waals surface area contributed by atoms with Crippen LogP contribution >= 0.6 is 0 Å². The molecule has 0 saturated carbocycles. The molecule has 0 unspecified atom stereocenters. The molecule has 0 bridgehead atoms. The SMILES string of the molecule is CCCCCCCCC(CCCCCCCC)CC(=O)CCCCCCCN(CCO)CCCCCCOC(=O)OCCC(CCCCC)CCCCC. The second-order valence-corrected chi connectivity index (χ2v) is 16.8. The molecule has 6 heteroatoms. The number of ether oxygens (including phenoxy) is 2. The van der Waals surface area contributed by atoms with Crippen LogP contribution in [0, 0.1) is 11.8 Å². The summed E-state index contributed by atoms with van der Waals surface area (Å²) in [6, 6.07) is 0. The van der Waals surface area contributed by atoms with Gasteiger partial charge in [-0.15, -0.1) is 0 Å². The van der Waals surface area contributed by atoms with Gasteiger partial charge in [0.25, 0.3) is 0 Å². The van der Waals surface area contributed by atoms with E-state index in [2.05, 4.69) is 32.6 Å². The molecular weight excluding hydrogens is 671 g/mol. The standard InChI is InChI=1S/C48H95NO5/c1-5-9-13-15-18-26-34-46(35-27-19-16-14-10-6-2)44-47(51)36-28-20-17-21-29-38-49(40-41-50)39-30-22-23-31-42-53-48(52)54-43-37-45(32-24-11-7-3)33-25-12-8-4/h45-46,50H,5-44H2,1-4H3. The summed E-state index contributed by atoms with van der Waals surface area (Å²) >= 11 is 0. The minimum Gasteiger partial charge on any atom is -0.434 e. The van der Waals surface area contributed by atoms with Gasteiger partial charge in [-0.25, -0.2) is 4.79 Å². The molecule has 6 nitrogen and oxygen atoms in total. The molecule has 0 rings (SSSR count). The Kier molecular flexibility index (Phi) is 42.1. The maximum atomic E-state index is 12.9. The Labute approximate surface area is 337 Å². The zero-order valence-corrected chi connectivity index (χ0v) is 37.0. The van der Waals surface area contributed by atoms with Crippen LogP contribution in [-0.4, -0.2) is 61.4 Å². The number of Topliss-reactive ketones (excluding diaryl/α,β-unsaturated/α-hetero) is 1. The van der Waals surface area contributed by atoms with Gasteiger partial charge in [-0.1, -0.05) is 201 Å². The highest BCUT2D eigenvalue weighted by molar-refractivity contribution is 5.78. The fourth-order valence-electron chi connectivity index (χ4n) is 7.96. The molecule has 0 aliphatic heterocycles. The molecule has 1 N–H and O–H groups in total. The molecule has 0 heterocycles. The summed E-state index contributed by atoms with van der Waals surface area (Å²) in [5, 5.41) is 9.59. The molecule has 0 atom stereocenters. The van der Waals surface area contributed by atoms with E-state index in [1.54, 1.807) is 0 Å². The number of nitrogens with zero attached hydrogens (tertiary/aromatic N) is 1. The summed E-state index contributed by atoms with van der Waals surface area (Å²) < 4.78 is 10.7. The molecule has 0 saturated heterocycles. The minimum atomic E-state index is -0.511. The number of carbonyl (C=O) groups is 2. The number of aliphatic hydroxyl groups is 1. The van der Waals surface area contributed by atoms with Gasteiger partial charge in [0.1, 0.15) is 5.78 Å². The molecule has 0 aromatic rings. The monoisotopic (exact) mass is 766 g/mol. The number of carbonyl (C=O) groups excluding carboxylic acids is 2. The lowest BCUT2D eigenvalue weighted by atomic mass is 9.89. The van der Waals surface area contributed by atoms with Gasteiger partial charge in [-0.2, -0.15) is 0 Å². The van der Waals surface area contributed by atoms with Crippen LogP contribution in [0.2, 0.25) is 0 Å². The van der Waals surface area contributed by atoms with Crippen LogP contribution in [0.3, 0.4) is 0 Å². The van der Waals surface area contributed by atoms with E-state index < -0.39 is 6.16 Å². The second-order valence-electron chi connectivity index (χ2n) is 16.8. The van der Waals surface area contributed by atoms with Crippen LogP contribution < -0.4 is 0 Å². The van der Waals surface area contributed by atoms with Gasteiger partial charge in [-0.05, 0) is 57.0 Å². The Balaban J connectivity index is 4.06.